The number of benzene rings is 1. The van der Waals surface area contributed by atoms with Crippen LogP contribution in [0, 0.1) is 20.8 Å². The number of nitrogens with zero attached hydrogens (tertiary/aromatic N) is 3. The van der Waals surface area contributed by atoms with Gasteiger partial charge in [0.05, 0.1) is 12.8 Å². The van der Waals surface area contributed by atoms with E-state index >= 15 is 0 Å². The lowest BCUT2D eigenvalue weighted by Crippen LogP contribution is -2.36. The van der Waals surface area contributed by atoms with E-state index < -0.39 is 0 Å². The van der Waals surface area contributed by atoms with Crippen molar-refractivity contribution in [3.05, 3.63) is 46.3 Å². The summed E-state index contributed by atoms with van der Waals surface area (Å²) < 4.78 is 7.35. The predicted octanol–water partition coefficient (Wildman–Crippen LogP) is 2.22. The van der Waals surface area contributed by atoms with Crippen LogP contribution in [0.3, 0.4) is 0 Å². The first-order valence-electron chi connectivity index (χ1n) is 8.03. The molecule has 24 heavy (non-hydrogen) atoms. The molecular weight excluding hydrogens is 302 g/mol. The second kappa shape index (κ2) is 7.86. The van der Waals surface area contributed by atoms with Crippen LogP contribution in [0.15, 0.2) is 23.2 Å². The van der Waals surface area contributed by atoms with Gasteiger partial charge in [-0.2, -0.15) is 5.10 Å². The van der Waals surface area contributed by atoms with Crippen molar-refractivity contribution in [2.45, 2.75) is 33.9 Å². The molecule has 2 N–H and O–H groups in total. The topological polar surface area (TPSA) is 63.5 Å². The van der Waals surface area contributed by atoms with Gasteiger partial charge in [-0.25, -0.2) is 0 Å². The van der Waals surface area contributed by atoms with E-state index in [0.717, 1.165) is 28.7 Å². The van der Waals surface area contributed by atoms with Crippen LogP contribution in [0.4, 0.5) is 0 Å². The van der Waals surface area contributed by atoms with Gasteiger partial charge in [-0.1, -0.05) is 12.1 Å². The Balaban J connectivity index is 1.98. The zero-order valence-corrected chi connectivity index (χ0v) is 15.4. The first-order chi connectivity index (χ1) is 11.5. The number of methoxy groups -OCH3 is 1. The van der Waals surface area contributed by atoms with Crippen molar-refractivity contribution < 1.29 is 4.74 Å². The zero-order valence-electron chi connectivity index (χ0n) is 15.4. The van der Waals surface area contributed by atoms with Gasteiger partial charge >= 0.3 is 0 Å². The summed E-state index contributed by atoms with van der Waals surface area (Å²) in [5, 5.41) is 11.1. The summed E-state index contributed by atoms with van der Waals surface area (Å²) >= 11 is 0. The fraction of sp³-hybridized carbons (Fsp3) is 0.444. The number of aromatic nitrogens is 2. The van der Waals surface area contributed by atoms with Crippen LogP contribution < -0.4 is 15.4 Å². The third kappa shape index (κ3) is 4.07. The SMILES string of the molecule is CN=C(NCc1ccc(C)cc1OC)NCc1c(C)nn(C)c1C. The molecule has 0 aliphatic carbocycles. The Bertz CT molecular complexity index is 733. The molecule has 1 aromatic carbocycles. The molecule has 0 aliphatic rings. The van der Waals surface area contributed by atoms with Crippen molar-refractivity contribution in [2.24, 2.45) is 12.0 Å². The summed E-state index contributed by atoms with van der Waals surface area (Å²) in [6, 6.07) is 6.19. The van der Waals surface area contributed by atoms with Crippen molar-refractivity contribution >= 4 is 5.96 Å². The summed E-state index contributed by atoms with van der Waals surface area (Å²) in [6.07, 6.45) is 0. The lowest BCUT2D eigenvalue weighted by Gasteiger charge is -2.14. The Kier molecular flexibility index (Phi) is 5.84. The highest BCUT2D eigenvalue weighted by Gasteiger charge is 2.10. The van der Waals surface area contributed by atoms with E-state index in [1.807, 2.05) is 24.7 Å². The maximum Gasteiger partial charge on any atom is 0.191 e. The average Bonchev–Trinajstić information content (AvgIpc) is 2.81. The van der Waals surface area contributed by atoms with Gasteiger partial charge in [-0.05, 0) is 32.4 Å². The molecule has 0 saturated carbocycles. The molecule has 6 nitrogen and oxygen atoms in total. The van der Waals surface area contributed by atoms with E-state index in [0.29, 0.717) is 13.1 Å². The standard InChI is InChI=1S/C18H27N5O/c1-12-7-8-15(17(9-12)24-6)10-20-18(19-4)21-11-16-13(2)22-23(5)14(16)3/h7-9H,10-11H2,1-6H3,(H2,19,20,21). The number of ether oxygens (including phenoxy) is 1. The fourth-order valence-electron chi connectivity index (χ4n) is 2.64. The van der Waals surface area contributed by atoms with Gasteiger partial charge in [0.1, 0.15) is 5.75 Å². The van der Waals surface area contributed by atoms with Gasteiger partial charge in [-0.15, -0.1) is 0 Å². The molecule has 130 valence electrons. The normalized spacial score (nSPS) is 11.5. The van der Waals surface area contributed by atoms with Gasteiger partial charge in [0.15, 0.2) is 5.96 Å². The minimum Gasteiger partial charge on any atom is -0.496 e. The van der Waals surface area contributed by atoms with E-state index in [-0.39, 0.29) is 0 Å². The van der Waals surface area contributed by atoms with Gasteiger partial charge < -0.3 is 15.4 Å². The first kappa shape index (κ1) is 17.8. The molecule has 0 radical (unpaired) electrons. The number of hydrogen-bond donors (Lipinski definition) is 2. The Hall–Kier alpha value is -2.50. The Morgan fingerprint density at radius 2 is 1.92 bits per heavy atom. The Labute approximate surface area is 143 Å². The van der Waals surface area contributed by atoms with Crippen LogP contribution in [0.25, 0.3) is 0 Å². The van der Waals surface area contributed by atoms with Crippen molar-refractivity contribution in [2.75, 3.05) is 14.2 Å². The minimum atomic E-state index is 0.647. The van der Waals surface area contributed by atoms with Crippen LogP contribution >= 0.6 is 0 Å². The van der Waals surface area contributed by atoms with E-state index in [1.165, 1.54) is 11.1 Å². The largest absolute Gasteiger partial charge is 0.496 e. The number of rotatable bonds is 5. The molecule has 0 spiro atoms. The lowest BCUT2D eigenvalue weighted by molar-refractivity contribution is 0.408. The molecule has 0 amide bonds. The molecule has 1 aromatic heterocycles. The number of aryl methyl sites for hydroxylation is 3. The molecule has 2 aromatic rings. The number of nitrogens with one attached hydrogen (secondary N) is 2. The number of guanidine groups is 1. The van der Waals surface area contributed by atoms with Crippen LogP contribution in [-0.4, -0.2) is 29.9 Å². The second-order valence-corrected chi connectivity index (χ2v) is 5.87. The maximum absolute atomic E-state index is 5.44. The first-order valence-corrected chi connectivity index (χ1v) is 8.03. The van der Waals surface area contributed by atoms with E-state index in [2.05, 4.69) is 46.7 Å². The minimum absolute atomic E-state index is 0.647. The second-order valence-electron chi connectivity index (χ2n) is 5.87. The molecular formula is C18H27N5O. The van der Waals surface area contributed by atoms with Crippen molar-refractivity contribution in [3.8, 4) is 5.75 Å². The smallest absolute Gasteiger partial charge is 0.191 e. The Morgan fingerprint density at radius 3 is 2.50 bits per heavy atom. The maximum atomic E-state index is 5.44. The molecule has 1 heterocycles. The molecule has 2 rings (SSSR count). The van der Waals surface area contributed by atoms with Crippen LogP contribution in [0.1, 0.15) is 28.1 Å². The number of aliphatic imine (C=N–C) groups is 1. The third-order valence-corrected chi connectivity index (χ3v) is 4.20. The molecule has 0 saturated heterocycles. The summed E-state index contributed by atoms with van der Waals surface area (Å²) in [5.74, 6) is 1.64. The van der Waals surface area contributed by atoms with Crippen molar-refractivity contribution in [1.29, 1.82) is 0 Å². The van der Waals surface area contributed by atoms with Crippen LogP contribution in [0.2, 0.25) is 0 Å². The highest BCUT2D eigenvalue weighted by molar-refractivity contribution is 5.79. The highest BCUT2D eigenvalue weighted by atomic mass is 16.5. The molecule has 0 aliphatic heterocycles. The van der Waals surface area contributed by atoms with E-state index in [9.17, 15) is 0 Å². The molecule has 0 atom stereocenters. The van der Waals surface area contributed by atoms with E-state index in [4.69, 9.17) is 4.74 Å². The third-order valence-electron chi connectivity index (χ3n) is 4.20. The lowest BCUT2D eigenvalue weighted by atomic mass is 10.1. The van der Waals surface area contributed by atoms with Gasteiger partial charge in [0, 0.05) is 44.0 Å². The Morgan fingerprint density at radius 1 is 1.21 bits per heavy atom. The fourth-order valence-corrected chi connectivity index (χ4v) is 2.64. The average molecular weight is 329 g/mol. The quantitative estimate of drug-likeness (QED) is 0.652. The summed E-state index contributed by atoms with van der Waals surface area (Å²) in [6.45, 7) is 7.49. The predicted molar refractivity (Wildman–Crippen MR) is 97.5 cm³/mol. The molecule has 0 bridgehead atoms. The highest BCUT2D eigenvalue weighted by Crippen LogP contribution is 2.19. The summed E-state index contributed by atoms with van der Waals surface area (Å²) in [5.41, 5.74) is 5.68. The molecule has 0 unspecified atom stereocenters. The molecule has 0 fully saturated rings. The van der Waals surface area contributed by atoms with Crippen molar-refractivity contribution in [1.82, 2.24) is 20.4 Å². The van der Waals surface area contributed by atoms with Gasteiger partial charge in [0.2, 0.25) is 0 Å². The number of hydrogen-bond acceptors (Lipinski definition) is 3. The monoisotopic (exact) mass is 329 g/mol. The van der Waals surface area contributed by atoms with E-state index in [1.54, 1.807) is 14.2 Å². The zero-order chi connectivity index (χ0) is 17.7. The van der Waals surface area contributed by atoms with Crippen LogP contribution in [-0.2, 0) is 20.1 Å². The van der Waals surface area contributed by atoms with Gasteiger partial charge in [0.25, 0.3) is 0 Å². The summed E-state index contributed by atoms with van der Waals surface area (Å²) in [4.78, 5) is 4.28. The van der Waals surface area contributed by atoms with Crippen molar-refractivity contribution in [3.63, 3.8) is 0 Å². The van der Waals surface area contributed by atoms with Gasteiger partial charge in [-0.3, -0.25) is 9.67 Å². The molecule has 6 heteroatoms. The van der Waals surface area contributed by atoms with Crippen LogP contribution in [0.5, 0.6) is 5.75 Å². The summed E-state index contributed by atoms with van der Waals surface area (Å²) in [7, 11) is 5.42.